The highest BCUT2D eigenvalue weighted by Gasteiger charge is 2.33. The van der Waals surface area contributed by atoms with Gasteiger partial charge in [-0.2, -0.15) is 19.9 Å². The van der Waals surface area contributed by atoms with E-state index in [0.717, 1.165) is 38.9 Å². The van der Waals surface area contributed by atoms with Crippen molar-refractivity contribution in [3.63, 3.8) is 0 Å². The molecule has 4 aromatic carbocycles. The zero-order chi connectivity index (χ0) is 107. The summed E-state index contributed by atoms with van der Waals surface area (Å²) < 4.78 is 223. The van der Waals surface area contributed by atoms with Crippen molar-refractivity contribution < 1.29 is 153 Å². The number of benzene rings is 4. The third kappa shape index (κ3) is 36.3. The Kier molecular flexibility index (Phi) is 43.5. The first-order chi connectivity index (χ1) is 70.0. The van der Waals surface area contributed by atoms with Crippen molar-refractivity contribution in [3.05, 3.63) is 202 Å². The Morgan fingerprint density at radius 3 is 0.966 bits per heavy atom. The molecule has 5 unspecified atom stereocenters. The van der Waals surface area contributed by atoms with Crippen LogP contribution in [0.4, 0.5) is 60.5 Å². The van der Waals surface area contributed by atoms with Crippen molar-refractivity contribution >= 4 is 123 Å². The third-order valence-electron chi connectivity index (χ3n) is 20.5. The molecule has 13 rings (SSSR count). The summed E-state index contributed by atoms with van der Waals surface area (Å²) in [7, 11) is -13.5. The molecule has 12 N–H and O–H groups in total. The average Bonchev–Trinajstić information content (AvgIpc) is 1.67. The van der Waals surface area contributed by atoms with Crippen LogP contribution in [0.25, 0.3) is 44.7 Å². The lowest BCUT2D eigenvalue weighted by Crippen LogP contribution is -2.21. The Morgan fingerprint density at radius 2 is 0.687 bits per heavy atom. The van der Waals surface area contributed by atoms with E-state index in [9.17, 15) is 74.2 Å². The van der Waals surface area contributed by atoms with Gasteiger partial charge in [-0.05, 0) is 142 Å². The topological polar surface area (TPSA) is 689 Å². The van der Waals surface area contributed by atoms with Gasteiger partial charge in [0.15, 0.2) is 56.2 Å². The van der Waals surface area contributed by atoms with Crippen molar-refractivity contribution in [3.8, 4) is 5.75 Å². The van der Waals surface area contributed by atoms with Crippen LogP contribution in [0.15, 0.2) is 117 Å². The molecule has 1 aliphatic carbocycles. The molecule has 8 aromatic heterocycles. The van der Waals surface area contributed by atoms with E-state index < -0.39 is 165 Å². The first-order valence-electron chi connectivity index (χ1n) is 44.4. The molecular formula is C86H110F4N20O33P4. The number of aromatic nitrogens is 16. The largest absolute Gasteiger partial charge is 0.510 e. The van der Waals surface area contributed by atoms with E-state index in [1.165, 1.54) is 76.5 Å². The van der Waals surface area contributed by atoms with E-state index in [-0.39, 0.29) is 165 Å². The van der Waals surface area contributed by atoms with Crippen LogP contribution in [0.1, 0.15) is 99.2 Å². The van der Waals surface area contributed by atoms with Gasteiger partial charge < -0.3 is 121 Å². The summed E-state index contributed by atoms with van der Waals surface area (Å²) in [6, 6.07) is 17.4. The van der Waals surface area contributed by atoms with Crippen molar-refractivity contribution in [1.82, 2.24) is 78.1 Å². The van der Waals surface area contributed by atoms with E-state index in [1.807, 2.05) is 13.8 Å². The minimum atomic E-state index is -4.02. The molecule has 0 bridgehead atoms. The van der Waals surface area contributed by atoms with E-state index >= 15 is 0 Å². The fourth-order valence-electron chi connectivity index (χ4n) is 12.4. The summed E-state index contributed by atoms with van der Waals surface area (Å²) in [6.45, 7) is 10.4. The number of aryl methyl sites for hydroxylation is 3. The summed E-state index contributed by atoms with van der Waals surface area (Å²) >= 11 is 0. The van der Waals surface area contributed by atoms with Crippen LogP contribution >= 0.6 is 30.4 Å². The standard InChI is InChI=1S/C23H31FN5O9P.C23H29FN5O8P.C21H27FN5O8P.C19H23FN5O8P/c1-14(2)15(3)38-23(31)35-12-37-39(32,36-10-16-5-6-18(33-4)17(24)9-16)13-34-8-7-29-11-26-19-20(29)27-22(25)28-21(19)30;1-15-6-7-16(10-18(15)24)11-35-38(32,36-13-34-23(31)37-17-4-2-3-5-17)14-33-9-8-29-12-26-19-20(29)27-22(25)28-21(19)30;1-13(2)35-21(29)32-11-34-36(30,33-9-15-5-4-14(3)16(22)8-15)12-31-7-6-27-10-24-17-18(27)25-20(23)26-19(17)28;1-12-3-4-13(7-14(12)20)8-32-34(28,33-10-31-19(27)29-2)11-30-6-5-25-9-22-15-16(25)23-18(21)24-17(15)26/h5-6,9,11,14-15H,7-8,10,12-13H2,1-4H3,(H3,25,27,28,30);6-7,10,12,17H,2-5,8-9,11,13-14H2,1H3,(H3,25,27,28,30);4-5,8,10,13H,6-7,9,11-12H2,1-3H3,(H3,23,25,26,28);3-4,7,9H,5-6,8,10-11H2,1-2H3,(H3,21,23,24,26). The minimum Gasteiger partial charge on any atom is -0.494 e. The smallest absolute Gasteiger partial charge is 0.494 e. The molecule has 0 radical (unpaired) electrons. The number of methoxy groups -OCH3 is 2. The zero-order valence-corrected chi connectivity index (χ0v) is 84.5. The fraction of sp³-hybridized carbons (Fsp3) is 0.442. The molecule has 53 nitrogen and oxygen atoms in total. The Morgan fingerprint density at radius 1 is 0.401 bits per heavy atom. The maximum atomic E-state index is 14.0. The number of hydrogen-bond donors (Lipinski definition) is 8. The molecule has 0 spiro atoms. The highest BCUT2D eigenvalue weighted by atomic mass is 31.2. The zero-order valence-electron chi connectivity index (χ0n) is 81.0. The SMILES string of the molecule is COC(=O)OCOP(=O)(COCCn1cnc2c(=O)[nH]c(N)nc21)OCc1ccc(C)c(F)c1.COc1ccc(COP(=O)(COCCn2cnc3c(=O)[nH]c(N)nc32)OCOC(=O)OC(C)C(C)C)cc1F.Cc1ccc(COP(=O)(COCCn2cnc3c(=O)[nH]c(N)nc32)OCOC(=O)OC(C)C)cc1F.Cc1ccc(COP(=O)(COCCn2cnc3c(=O)[nH]c(N)nc32)OCOC(=O)OC2CCCC2)cc1F. The van der Waals surface area contributed by atoms with E-state index in [2.05, 4.69) is 69.3 Å². The molecule has 12 aromatic rings. The number of nitrogens with one attached hydrogen (secondary N) is 4. The number of nitrogens with two attached hydrogens (primary N) is 4. The molecule has 0 amide bonds. The van der Waals surface area contributed by atoms with Gasteiger partial charge in [-0.25, -0.2) is 56.7 Å². The molecule has 147 heavy (non-hydrogen) atoms. The van der Waals surface area contributed by atoms with Gasteiger partial charge in [0, 0.05) is 26.2 Å². The molecule has 1 aliphatic rings. The van der Waals surface area contributed by atoms with E-state index in [1.54, 1.807) is 82.5 Å². The van der Waals surface area contributed by atoms with Crippen molar-refractivity contribution in [2.45, 2.75) is 152 Å². The lowest BCUT2D eigenvalue weighted by molar-refractivity contribution is -0.0273. The van der Waals surface area contributed by atoms with Crippen LogP contribution in [0.2, 0.25) is 0 Å². The summed E-state index contributed by atoms with van der Waals surface area (Å²) in [5, 5.41) is 0. The number of aromatic amines is 4. The normalized spacial score (nSPS) is 13.9. The molecule has 1 saturated carbocycles. The third-order valence-corrected chi connectivity index (χ3v) is 26.6. The summed E-state index contributed by atoms with van der Waals surface area (Å²) in [4.78, 5) is 136. The van der Waals surface area contributed by atoms with Gasteiger partial charge >= 0.3 is 55.0 Å². The number of ether oxygens (including phenoxy) is 13. The molecule has 8 heterocycles. The molecule has 0 aliphatic heterocycles. The van der Waals surface area contributed by atoms with Crippen LogP contribution in [-0.2, 0) is 164 Å². The number of nitrogen functional groups attached to an aromatic ring is 4. The molecular weight excluding hydrogens is 2040 g/mol. The maximum absolute atomic E-state index is 14.0. The monoisotopic (exact) mass is 2150 g/mol. The highest BCUT2D eigenvalue weighted by molar-refractivity contribution is 7.54. The summed E-state index contributed by atoms with van der Waals surface area (Å²) in [5.41, 5.74) is 24.8. The van der Waals surface area contributed by atoms with Gasteiger partial charge in [-0.3, -0.25) is 75.5 Å². The second-order valence-electron chi connectivity index (χ2n) is 32.2. The Bertz CT molecular complexity index is 6940. The minimum absolute atomic E-state index is 0.00591. The number of carbonyl (C=O) groups excluding carboxylic acids is 4. The number of anilines is 4. The Balaban J connectivity index is 0.000000201. The predicted molar refractivity (Wildman–Crippen MR) is 511 cm³/mol. The number of nitrogens with zero attached hydrogens (tertiary/aromatic N) is 12. The van der Waals surface area contributed by atoms with E-state index in [0.29, 0.717) is 38.9 Å². The molecule has 61 heteroatoms. The van der Waals surface area contributed by atoms with Gasteiger partial charge in [0.25, 0.3) is 22.2 Å². The fourth-order valence-corrected chi connectivity index (χ4v) is 17.0. The first kappa shape index (κ1) is 115. The number of rotatable bonds is 49. The van der Waals surface area contributed by atoms with Crippen molar-refractivity contribution in [2.24, 2.45) is 5.92 Å². The summed E-state index contributed by atoms with van der Waals surface area (Å²) in [6.07, 6.45) is 1.99. The Labute approximate surface area is 832 Å². The molecule has 5 atom stereocenters. The van der Waals surface area contributed by atoms with Gasteiger partial charge in [0.2, 0.25) is 51.0 Å². The van der Waals surface area contributed by atoms with Crippen molar-refractivity contribution in [2.75, 3.05) is 116 Å². The summed E-state index contributed by atoms with van der Waals surface area (Å²) in [5.74, 6) is -2.11. The number of fused-ring (bicyclic) bond motifs is 4. The van der Waals surface area contributed by atoms with Gasteiger partial charge in [-0.15, -0.1) is 0 Å². The van der Waals surface area contributed by atoms with Crippen LogP contribution < -0.4 is 49.9 Å². The van der Waals surface area contributed by atoms with Gasteiger partial charge in [0.1, 0.15) is 55.1 Å². The van der Waals surface area contributed by atoms with Gasteiger partial charge in [-0.1, -0.05) is 56.3 Å². The van der Waals surface area contributed by atoms with Crippen LogP contribution in [0, 0.1) is 50.0 Å². The number of H-pyrrole nitrogens is 4. The number of halogens is 4. The van der Waals surface area contributed by atoms with Crippen LogP contribution in [0.5, 0.6) is 5.75 Å². The van der Waals surface area contributed by atoms with Crippen LogP contribution in [-0.4, -0.2) is 214 Å². The first-order valence-corrected chi connectivity index (χ1v) is 51.4. The van der Waals surface area contributed by atoms with E-state index in [4.69, 9.17) is 111 Å². The average molecular weight is 2150 g/mol. The van der Waals surface area contributed by atoms with Crippen LogP contribution in [0.3, 0.4) is 0 Å². The number of hydrogen-bond acceptors (Lipinski definition) is 45. The molecule has 800 valence electrons. The number of carbonyl (C=O) groups is 4. The highest BCUT2D eigenvalue weighted by Crippen LogP contribution is 2.52. The second-order valence-corrected chi connectivity index (χ2v) is 40.2. The van der Waals surface area contributed by atoms with Gasteiger partial charge in [0.05, 0.1) is 98.5 Å². The quantitative estimate of drug-likeness (QED) is 0.00438. The second kappa shape index (κ2) is 55.3. The lowest BCUT2D eigenvalue weighted by atomic mass is 10.1. The maximum Gasteiger partial charge on any atom is 0.510 e. The lowest BCUT2D eigenvalue weighted by Gasteiger charge is -2.20. The molecule has 0 saturated heterocycles. The van der Waals surface area contributed by atoms with Crippen molar-refractivity contribution in [1.29, 1.82) is 0 Å². The predicted octanol–water partition coefficient (Wildman–Crippen LogP) is 12.4. The molecule has 1 fully saturated rings. The number of imidazole rings is 4. The Hall–Kier alpha value is -13.5.